The number of methoxy groups -OCH3 is 1. The third-order valence-corrected chi connectivity index (χ3v) is 11.7. The van der Waals surface area contributed by atoms with Crippen LogP contribution in [-0.2, 0) is 14.2 Å². The van der Waals surface area contributed by atoms with Crippen molar-refractivity contribution in [3.63, 3.8) is 0 Å². The minimum atomic E-state index is -2.44. The Hall–Kier alpha value is -2.40. The highest BCUT2D eigenvalue weighted by Crippen LogP contribution is 2.66. The Labute approximate surface area is 207 Å². The number of hydrogen-bond acceptors (Lipinski definition) is 8. The monoisotopic (exact) mass is 496 g/mol. The van der Waals surface area contributed by atoms with Crippen LogP contribution < -0.4 is 0 Å². The number of allylic oxidation sites excluding steroid dienone is 3. The number of nitriles is 1. The molecule has 4 heterocycles. The van der Waals surface area contributed by atoms with Crippen molar-refractivity contribution < 1.29 is 19.0 Å². The SMILES string of the molecule is COC(=O)c1ccc(C2=P(N3CCOCC3)(N3CCOCC3)C(C#N)=C(N3CCCC3)C=C2)cc1. The lowest BCUT2D eigenvalue weighted by Gasteiger charge is -2.51. The Bertz CT molecular complexity index is 1080. The molecular weight excluding hydrogens is 463 g/mol. The van der Waals surface area contributed by atoms with Crippen LogP contribution in [-0.4, -0.2) is 98.3 Å². The number of morpholine rings is 2. The standard InChI is InChI=1S/C26H33N4O4P/c1-32-26(31)22-6-4-21(5-7-22)24-9-8-23(28-10-2-3-11-28)25(20-27)35(24,29-12-16-33-17-13-29)30-14-18-34-19-15-30/h4-9H,2-3,10-19H2,1H3. The van der Waals surface area contributed by atoms with E-state index >= 15 is 0 Å². The van der Waals surface area contributed by atoms with Crippen molar-refractivity contribution in [2.24, 2.45) is 0 Å². The third kappa shape index (κ3) is 4.37. The molecule has 9 heteroatoms. The fourth-order valence-electron chi connectivity index (χ4n) is 5.59. The molecule has 1 aromatic carbocycles. The molecule has 3 saturated heterocycles. The highest BCUT2D eigenvalue weighted by atomic mass is 31.2. The van der Waals surface area contributed by atoms with Gasteiger partial charge in [0.2, 0.25) is 0 Å². The van der Waals surface area contributed by atoms with Crippen LogP contribution in [0.3, 0.4) is 0 Å². The second kappa shape index (κ2) is 10.7. The molecule has 0 atom stereocenters. The summed E-state index contributed by atoms with van der Waals surface area (Å²) in [6, 6.07) is 10.4. The minimum Gasteiger partial charge on any atom is -0.465 e. The van der Waals surface area contributed by atoms with Gasteiger partial charge in [-0.15, -0.1) is 0 Å². The third-order valence-electron chi connectivity index (χ3n) is 7.24. The maximum atomic E-state index is 12.1. The highest BCUT2D eigenvalue weighted by molar-refractivity contribution is 7.77. The van der Waals surface area contributed by atoms with Gasteiger partial charge in [-0.25, -0.2) is 4.79 Å². The van der Waals surface area contributed by atoms with E-state index in [1.807, 2.05) is 24.3 Å². The van der Waals surface area contributed by atoms with Gasteiger partial charge in [0.15, 0.2) is 0 Å². The first-order chi connectivity index (χ1) is 17.2. The lowest BCUT2D eigenvalue weighted by molar-refractivity contribution is 0.0582. The Morgan fingerprint density at radius 1 is 0.914 bits per heavy atom. The van der Waals surface area contributed by atoms with Crippen LogP contribution in [0.25, 0.3) is 0 Å². The molecule has 0 bridgehead atoms. The summed E-state index contributed by atoms with van der Waals surface area (Å²) in [4.78, 5) is 14.5. The fourth-order valence-corrected chi connectivity index (χ4v) is 10.3. The molecule has 4 aliphatic rings. The molecule has 0 radical (unpaired) electrons. The number of hydrogen-bond donors (Lipinski definition) is 0. The van der Waals surface area contributed by atoms with Crippen LogP contribution in [0.1, 0.15) is 28.8 Å². The smallest absolute Gasteiger partial charge is 0.337 e. The van der Waals surface area contributed by atoms with E-state index in [0.717, 1.165) is 74.0 Å². The van der Waals surface area contributed by atoms with Crippen molar-refractivity contribution in [3.05, 3.63) is 58.6 Å². The zero-order valence-corrected chi connectivity index (χ0v) is 21.2. The van der Waals surface area contributed by atoms with Gasteiger partial charge in [-0.3, -0.25) is 9.34 Å². The number of carbonyl (C=O) groups is 1. The number of ether oxygens (including phenoxy) is 3. The van der Waals surface area contributed by atoms with Crippen molar-refractivity contribution in [2.45, 2.75) is 12.8 Å². The molecule has 3 fully saturated rings. The number of benzene rings is 1. The normalized spacial score (nSPS) is 23.4. The average Bonchev–Trinajstić information content (AvgIpc) is 3.47. The molecular formula is C26H33N4O4P. The van der Waals surface area contributed by atoms with Crippen LogP contribution in [0, 0.1) is 11.3 Å². The molecule has 35 heavy (non-hydrogen) atoms. The molecule has 0 unspecified atom stereocenters. The lowest BCUT2D eigenvalue weighted by atomic mass is 10.1. The fraction of sp³-hybridized carbons (Fsp3) is 0.500. The predicted molar refractivity (Wildman–Crippen MR) is 136 cm³/mol. The maximum Gasteiger partial charge on any atom is 0.337 e. The van der Waals surface area contributed by atoms with Crippen molar-refractivity contribution >= 4 is 18.5 Å². The summed E-state index contributed by atoms with van der Waals surface area (Å²) in [6.07, 6.45) is 6.69. The number of rotatable bonds is 5. The summed E-state index contributed by atoms with van der Waals surface area (Å²) < 4.78 is 21.5. The van der Waals surface area contributed by atoms with Gasteiger partial charge in [-0.1, -0.05) is 12.1 Å². The highest BCUT2D eigenvalue weighted by Gasteiger charge is 2.44. The molecule has 5 rings (SSSR count). The van der Waals surface area contributed by atoms with E-state index in [1.165, 1.54) is 7.11 Å². The first-order valence-corrected chi connectivity index (χ1v) is 14.1. The number of carbonyl (C=O) groups excluding carboxylic acids is 1. The van der Waals surface area contributed by atoms with Crippen molar-refractivity contribution in [1.29, 1.82) is 5.26 Å². The quantitative estimate of drug-likeness (QED) is 0.455. The van der Waals surface area contributed by atoms with Crippen molar-refractivity contribution in [2.75, 3.05) is 72.8 Å². The molecule has 0 N–H and O–H groups in total. The van der Waals surface area contributed by atoms with Crippen molar-refractivity contribution in [3.8, 4) is 6.07 Å². The summed E-state index contributed by atoms with van der Waals surface area (Å²) in [7, 11) is -1.05. The van der Waals surface area contributed by atoms with Gasteiger partial charge < -0.3 is 19.1 Å². The Balaban J connectivity index is 1.77. The van der Waals surface area contributed by atoms with E-state index in [-0.39, 0.29) is 5.97 Å². The van der Waals surface area contributed by atoms with E-state index in [9.17, 15) is 10.1 Å². The van der Waals surface area contributed by atoms with Gasteiger partial charge in [-0.05, 0) is 42.7 Å². The summed E-state index contributed by atoms with van der Waals surface area (Å²) >= 11 is 0. The second-order valence-electron chi connectivity index (χ2n) is 9.06. The van der Waals surface area contributed by atoms with Crippen molar-refractivity contribution in [1.82, 2.24) is 14.2 Å². The van der Waals surface area contributed by atoms with E-state index in [0.29, 0.717) is 32.0 Å². The molecule has 0 amide bonds. The van der Waals surface area contributed by atoms with Gasteiger partial charge in [-0.2, -0.15) is 5.26 Å². The summed E-state index contributed by atoms with van der Waals surface area (Å²) in [5.74, 6) is -0.350. The van der Waals surface area contributed by atoms with E-state index in [4.69, 9.17) is 14.2 Å². The van der Waals surface area contributed by atoms with Crippen LogP contribution in [0.15, 0.2) is 47.4 Å². The number of nitrogens with zero attached hydrogens (tertiary/aromatic N) is 4. The average molecular weight is 497 g/mol. The largest absolute Gasteiger partial charge is 0.465 e. The molecule has 4 aliphatic heterocycles. The van der Waals surface area contributed by atoms with Crippen LogP contribution in [0.5, 0.6) is 0 Å². The summed E-state index contributed by atoms with van der Waals surface area (Å²) in [5, 5.41) is 12.9. The lowest BCUT2D eigenvalue weighted by Crippen LogP contribution is -2.46. The summed E-state index contributed by atoms with van der Waals surface area (Å²) in [6.45, 7) is 7.71. The topological polar surface area (TPSA) is 78.3 Å². The number of esters is 1. The van der Waals surface area contributed by atoms with Crippen LogP contribution in [0.2, 0.25) is 0 Å². The maximum absolute atomic E-state index is 12.1. The molecule has 0 aromatic heterocycles. The first kappa shape index (κ1) is 24.3. The van der Waals surface area contributed by atoms with Crippen LogP contribution in [0.4, 0.5) is 0 Å². The Morgan fingerprint density at radius 2 is 1.49 bits per heavy atom. The molecule has 186 valence electrons. The zero-order chi connectivity index (χ0) is 24.3. The van der Waals surface area contributed by atoms with Gasteiger partial charge in [0.1, 0.15) is 11.4 Å². The molecule has 0 spiro atoms. The van der Waals surface area contributed by atoms with Gasteiger partial charge in [0.05, 0.1) is 52.0 Å². The Morgan fingerprint density at radius 3 is 2.00 bits per heavy atom. The minimum absolute atomic E-state index is 0.350. The second-order valence-corrected chi connectivity index (χ2v) is 12.3. The van der Waals surface area contributed by atoms with E-state index < -0.39 is 7.19 Å². The van der Waals surface area contributed by atoms with Crippen LogP contribution >= 0.6 is 7.19 Å². The van der Waals surface area contributed by atoms with Gasteiger partial charge in [0, 0.05) is 44.6 Å². The molecule has 0 saturated carbocycles. The zero-order valence-electron chi connectivity index (χ0n) is 20.3. The van der Waals surface area contributed by atoms with Gasteiger partial charge >= 0.3 is 5.97 Å². The molecule has 8 nitrogen and oxygen atoms in total. The number of likely N-dealkylation sites (tertiary alicyclic amines) is 1. The van der Waals surface area contributed by atoms with E-state index in [1.54, 1.807) is 0 Å². The van der Waals surface area contributed by atoms with E-state index in [2.05, 4.69) is 32.5 Å². The predicted octanol–water partition coefficient (Wildman–Crippen LogP) is 2.91. The van der Waals surface area contributed by atoms with Gasteiger partial charge in [0.25, 0.3) is 0 Å². The molecule has 0 aliphatic carbocycles. The first-order valence-electron chi connectivity index (χ1n) is 12.4. The molecule has 1 aromatic rings. The summed E-state index contributed by atoms with van der Waals surface area (Å²) in [5.41, 5.74) is 2.63. The Kier molecular flexibility index (Phi) is 7.43.